The highest BCUT2D eigenvalue weighted by atomic mass is 35.5. The number of carbonyl (C=O) groups is 1. The molecule has 1 aliphatic heterocycles. The Kier molecular flexibility index (Phi) is 3.68. The van der Waals surface area contributed by atoms with Crippen LogP contribution in [0.15, 0.2) is 12.1 Å². The number of carbonyl (C=O) groups excluding carboxylic acids is 1. The number of likely N-dealkylation sites (tertiary alicyclic amines) is 1. The van der Waals surface area contributed by atoms with E-state index in [0.29, 0.717) is 17.5 Å². The van der Waals surface area contributed by atoms with Gasteiger partial charge in [-0.3, -0.25) is 4.79 Å². The van der Waals surface area contributed by atoms with Gasteiger partial charge in [-0.2, -0.15) is 0 Å². The van der Waals surface area contributed by atoms with Crippen LogP contribution in [0.3, 0.4) is 0 Å². The molecule has 19 heavy (non-hydrogen) atoms. The average Bonchev–Trinajstić information content (AvgIpc) is 2.84. The van der Waals surface area contributed by atoms with E-state index >= 15 is 0 Å². The molecule has 0 aromatic carbocycles. The number of hydrogen-bond acceptors (Lipinski definition) is 2. The van der Waals surface area contributed by atoms with E-state index < -0.39 is 0 Å². The molecule has 0 bridgehead atoms. The van der Waals surface area contributed by atoms with Gasteiger partial charge in [0.05, 0.1) is 0 Å². The zero-order valence-corrected chi connectivity index (χ0v) is 12.1. The number of fused-ring (bicyclic) bond motifs is 1. The quantitative estimate of drug-likeness (QED) is 0.739. The molecule has 1 saturated heterocycles. The highest BCUT2D eigenvalue weighted by molar-refractivity contribution is 6.33. The van der Waals surface area contributed by atoms with Crippen LogP contribution in [0.2, 0.25) is 10.3 Å². The molecule has 3 rings (SSSR count). The van der Waals surface area contributed by atoms with Crippen molar-refractivity contribution in [1.82, 2.24) is 9.88 Å². The summed E-state index contributed by atoms with van der Waals surface area (Å²) in [6.07, 6.45) is 5.97. The Hall–Kier alpha value is -0.800. The van der Waals surface area contributed by atoms with E-state index in [1.165, 1.54) is 19.3 Å². The standard InChI is InChI=1S/C14H16Cl2N2O/c15-12-7-10(8-13(16)17-12)14(19)18-6-2-4-9-3-1-5-11(9)18/h7-9,11H,1-6H2. The molecule has 2 aliphatic rings. The van der Waals surface area contributed by atoms with Crippen molar-refractivity contribution in [1.29, 1.82) is 0 Å². The molecule has 3 nitrogen and oxygen atoms in total. The third-order valence-electron chi connectivity index (χ3n) is 4.26. The molecule has 2 fully saturated rings. The predicted octanol–water partition coefficient (Wildman–Crippen LogP) is 3.79. The molecule has 1 aliphatic carbocycles. The number of pyridine rings is 1. The molecule has 0 radical (unpaired) electrons. The summed E-state index contributed by atoms with van der Waals surface area (Å²) in [5, 5.41) is 0.548. The molecule has 1 aromatic rings. The van der Waals surface area contributed by atoms with E-state index in [2.05, 4.69) is 4.98 Å². The Morgan fingerprint density at radius 3 is 2.58 bits per heavy atom. The predicted molar refractivity (Wildman–Crippen MR) is 75.7 cm³/mol. The van der Waals surface area contributed by atoms with Crippen molar-refractivity contribution in [2.24, 2.45) is 5.92 Å². The van der Waals surface area contributed by atoms with Crippen LogP contribution >= 0.6 is 23.2 Å². The normalized spacial score (nSPS) is 26.3. The Morgan fingerprint density at radius 1 is 1.16 bits per heavy atom. The van der Waals surface area contributed by atoms with Crippen LogP contribution in [0.5, 0.6) is 0 Å². The molecule has 2 heterocycles. The maximum Gasteiger partial charge on any atom is 0.254 e. The first-order valence-corrected chi connectivity index (χ1v) is 7.55. The summed E-state index contributed by atoms with van der Waals surface area (Å²) in [5.41, 5.74) is 0.553. The Bertz CT molecular complexity index is 486. The Morgan fingerprint density at radius 2 is 1.84 bits per heavy atom. The summed E-state index contributed by atoms with van der Waals surface area (Å²) < 4.78 is 0. The summed E-state index contributed by atoms with van der Waals surface area (Å²) in [6, 6.07) is 3.62. The number of aromatic nitrogens is 1. The van der Waals surface area contributed by atoms with Crippen molar-refractivity contribution in [2.75, 3.05) is 6.54 Å². The first kappa shape index (κ1) is 13.2. The first-order chi connectivity index (χ1) is 9.15. The molecule has 2 atom stereocenters. The average molecular weight is 299 g/mol. The van der Waals surface area contributed by atoms with E-state index in [0.717, 1.165) is 19.4 Å². The SMILES string of the molecule is O=C(c1cc(Cl)nc(Cl)c1)N1CCCC2CCCC21. The third kappa shape index (κ3) is 2.59. The molecular formula is C14H16Cl2N2O. The van der Waals surface area contributed by atoms with E-state index in [1.54, 1.807) is 12.1 Å². The minimum Gasteiger partial charge on any atom is -0.335 e. The van der Waals surface area contributed by atoms with Crippen LogP contribution in [0.1, 0.15) is 42.5 Å². The van der Waals surface area contributed by atoms with E-state index in [9.17, 15) is 4.79 Å². The van der Waals surface area contributed by atoms with Gasteiger partial charge in [0, 0.05) is 18.2 Å². The molecule has 1 saturated carbocycles. The molecule has 1 amide bonds. The van der Waals surface area contributed by atoms with Crippen LogP contribution in [0, 0.1) is 5.92 Å². The number of halogens is 2. The minimum absolute atomic E-state index is 0.0443. The lowest BCUT2D eigenvalue weighted by molar-refractivity contribution is 0.0548. The number of rotatable bonds is 1. The fourth-order valence-corrected chi connectivity index (χ4v) is 3.92. The second-order valence-electron chi connectivity index (χ2n) is 5.40. The van der Waals surface area contributed by atoms with Gasteiger partial charge in [0.25, 0.3) is 5.91 Å². The zero-order chi connectivity index (χ0) is 13.4. The van der Waals surface area contributed by atoms with Crippen LogP contribution in [-0.2, 0) is 0 Å². The topological polar surface area (TPSA) is 33.2 Å². The maximum atomic E-state index is 12.6. The zero-order valence-electron chi connectivity index (χ0n) is 10.6. The largest absolute Gasteiger partial charge is 0.335 e. The summed E-state index contributed by atoms with van der Waals surface area (Å²) in [4.78, 5) is 18.5. The fraction of sp³-hybridized carbons (Fsp3) is 0.571. The fourth-order valence-electron chi connectivity index (χ4n) is 3.46. The Labute approximate surface area is 122 Å². The molecule has 0 spiro atoms. The van der Waals surface area contributed by atoms with Crippen molar-refractivity contribution < 1.29 is 4.79 Å². The molecular weight excluding hydrogens is 283 g/mol. The van der Waals surface area contributed by atoms with Gasteiger partial charge in [-0.1, -0.05) is 29.6 Å². The minimum atomic E-state index is 0.0443. The van der Waals surface area contributed by atoms with Gasteiger partial charge in [-0.05, 0) is 43.7 Å². The van der Waals surface area contributed by atoms with Crippen molar-refractivity contribution in [2.45, 2.75) is 38.1 Å². The van der Waals surface area contributed by atoms with Crippen LogP contribution in [-0.4, -0.2) is 28.4 Å². The number of amides is 1. The van der Waals surface area contributed by atoms with Gasteiger partial charge in [0.1, 0.15) is 10.3 Å². The highest BCUT2D eigenvalue weighted by Crippen LogP contribution is 2.37. The highest BCUT2D eigenvalue weighted by Gasteiger charge is 2.37. The lowest BCUT2D eigenvalue weighted by Crippen LogP contribution is -2.46. The van der Waals surface area contributed by atoms with Crippen LogP contribution < -0.4 is 0 Å². The summed E-state index contributed by atoms with van der Waals surface area (Å²) in [7, 11) is 0. The maximum absolute atomic E-state index is 12.6. The van der Waals surface area contributed by atoms with Crippen LogP contribution in [0.4, 0.5) is 0 Å². The van der Waals surface area contributed by atoms with Crippen molar-refractivity contribution in [3.63, 3.8) is 0 Å². The monoisotopic (exact) mass is 298 g/mol. The first-order valence-electron chi connectivity index (χ1n) is 6.79. The summed E-state index contributed by atoms with van der Waals surface area (Å²) in [6.45, 7) is 0.845. The molecule has 2 unspecified atom stereocenters. The number of piperidine rings is 1. The molecule has 1 aromatic heterocycles. The van der Waals surface area contributed by atoms with Gasteiger partial charge in [-0.15, -0.1) is 0 Å². The van der Waals surface area contributed by atoms with Crippen LogP contribution in [0.25, 0.3) is 0 Å². The van der Waals surface area contributed by atoms with E-state index in [4.69, 9.17) is 23.2 Å². The van der Waals surface area contributed by atoms with Crippen molar-refractivity contribution in [3.8, 4) is 0 Å². The smallest absolute Gasteiger partial charge is 0.254 e. The lowest BCUT2D eigenvalue weighted by atomic mass is 9.91. The van der Waals surface area contributed by atoms with Gasteiger partial charge in [-0.25, -0.2) is 4.98 Å². The molecule has 0 N–H and O–H groups in total. The second-order valence-corrected chi connectivity index (χ2v) is 6.17. The second kappa shape index (κ2) is 5.29. The van der Waals surface area contributed by atoms with Gasteiger partial charge >= 0.3 is 0 Å². The van der Waals surface area contributed by atoms with E-state index in [-0.39, 0.29) is 16.2 Å². The third-order valence-corrected chi connectivity index (χ3v) is 4.65. The lowest BCUT2D eigenvalue weighted by Gasteiger charge is -2.37. The number of hydrogen-bond donors (Lipinski definition) is 0. The summed E-state index contributed by atoms with van der Waals surface area (Å²) >= 11 is 11.8. The summed E-state index contributed by atoms with van der Waals surface area (Å²) in [5.74, 6) is 0.730. The van der Waals surface area contributed by atoms with Crippen molar-refractivity contribution >= 4 is 29.1 Å². The molecule has 102 valence electrons. The van der Waals surface area contributed by atoms with Gasteiger partial charge in [0.15, 0.2) is 0 Å². The van der Waals surface area contributed by atoms with E-state index in [1.807, 2.05) is 4.90 Å². The van der Waals surface area contributed by atoms with Gasteiger partial charge in [0.2, 0.25) is 0 Å². The molecule has 5 heteroatoms. The van der Waals surface area contributed by atoms with Gasteiger partial charge < -0.3 is 4.90 Å². The number of nitrogens with zero attached hydrogens (tertiary/aromatic N) is 2. The Balaban J connectivity index is 1.86. The van der Waals surface area contributed by atoms with Crippen molar-refractivity contribution in [3.05, 3.63) is 28.0 Å².